The van der Waals surface area contributed by atoms with Crippen LogP contribution in [0.3, 0.4) is 0 Å². The number of nitrogens with zero attached hydrogens (tertiary/aromatic N) is 4. The van der Waals surface area contributed by atoms with Crippen LogP contribution in [0.1, 0.15) is 83.4 Å². The van der Waals surface area contributed by atoms with Gasteiger partial charge in [0, 0.05) is 38.4 Å². The first-order valence-electron chi connectivity index (χ1n) is 9.48. The molecular weight excluding hydrogens is 318 g/mol. The van der Waals surface area contributed by atoms with E-state index >= 15 is 0 Å². The molecule has 0 saturated carbocycles. The highest BCUT2D eigenvalue weighted by Gasteiger charge is 2.26. The molecule has 0 bridgehead atoms. The fourth-order valence-electron chi connectivity index (χ4n) is 3.15. The van der Waals surface area contributed by atoms with E-state index in [4.69, 9.17) is 0 Å². The molecule has 0 aliphatic carbocycles. The van der Waals surface area contributed by atoms with E-state index in [0.29, 0.717) is 19.3 Å². The van der Waals surface area contributed by atoms with Gasteiger partial charge in [0.25, 0.3) is 0 Å². The molecule has 0 fully saturated rings. The number of hydrogen-bond acceptors (Lipinski definition) is 4. The minimum absolute atomic E-state index is 0.0140. The molecule has 1 atom stereocenters. The first-order valence-corrected chi connectivity index (χ1v) is 9.48. The number of rotatable bonds is 8. The first-order chi connectivity index (χ1) is 12.0. The van der Waals surface area contributed by atoms with Crippen LogP contribution >= 0.6 is 0 Å². The maximum Gasteiger partial charge on any atom is 0.222 e. The van der Waals surface area contributed by atoms with Crippen molar-refractivity contribution >= 4 is 11.8 Å². The normalized spacial score (nSPS) is 16.6. The van der Waals surface area contributed by atoms with Crippen LogP contribution in [0, 0.1) is 0 Å². The van der Waals surface area contributed by atoms with Crippen molar-refractivity contribution < 1.29 is 9.59 Å². The van der Waals surface area contributed by atoms with E-state index in [9.17, 15) is 9.59 Å². The summed E-state index contributed by atoms with van der Waals surface area (Å²) in [5, 5.41) is 7.61. The molecule has 1 aromatic rings. The Bertz CT molecular complexity index is 592. The van der Waals surface area contributed by atoms with Gasteiger partial charge < -0.3 is 10.2 Å². The summed E-state index contributed by atoms with van der Waals surface area (Å²) in [6.45, 7) is 10.4. The maximum atomic E-state index is 12.3. The topological polar surface area (TPSA) is 80.1 Å². The zero-order valence-electron chi connectivity index (χ0n) is 15.9. The molecule has 2 rings (SSSR count). The Morgan fingerprint density at radius 2 is 2.00 bits per heavy atom. The Morgan fingerprint density at radius 3 is 2.64 bits per heavy atom. The molecule has 0 unspecified atom stereocenters. The van der Waals surface area contributed by atoms with E-state index in [1.54, 1.807) is 4.90 Å². The smallest absolute Gasteiger partial charge is 0.222 e. The lowest BCUT2D eigenvalue weighted by Gasteiger charge is -2.23. The number of nitrogens with one attached hydrogen (secondary N) is 1. The molecule has 0 spiro atoms. The van der Waals surface area contributed by atoms with Gasteiger partial charge in [0.05, 0.1) is 6.04 Å². The molecule has 25 heavy (non-hydrogen) atoms. The van der Waals surface area contributed by atoms with Crippen LogP contribution in [0.4, 0.5) is 0 Å². The van der Waals surface area contributed by atoms with Crippen molar-refractivity contribution in [2.45, 2.75) is 78.3 Å². The zero-order valence-corrected chi connectivity index (χ0v) is 15.9. The van der Waals surface area contributed by atoms with Crippen LogP contribution in [-0.2, 0) is 16.1 Å². The quantitative estimate of drug-likeness (QED) is 0.781. The van der Waals surface area contributed by atoms with Gasteiger partial charge in [0.1, 0.15) is 5.82 Å². The Labute approximate surface area is 150 Å². The molecule has 1 N–H and O–H groups in total. The number of hydrogen-bond donors (Lipinski definition) is 1. The summed E-state index contributed by atoms with van der Waals surface area (Å²) in [6, 6.07) is -0.0697. The minimum atomic E-state index is -0.0697. The highest BCUT2D eigenvalue weighted by Crippen LogP contribution is 2.25. The minimum Gasteiger partial charge on any atom is -0.346 e. The Kier molecular flexibility index (Phi) is 6.96. The number of aryl methyl sites for hydroxylation is 1. The lowest BCUT2D eigenvalue weighted by Crippen LogP contribution is -2.33. The summed E-state index contributed by atoms with van der Waals surface area (Å²) >= 11 is 0. The third kappa shape index (κ3) is 5.03. The van der Waals surface area contributed by atoms with Crippen molar-refractivity contribution in [1.82, 2.24) is 25.0 Å². The number of aromatic nitrogens is 3. The average Bonchev–Trinajstić information content (AvgIpc) is 3.01. The summed E-state index contributed by atoms with van der Waals surface area (Å²) in [7, 11) is 0. The Hall–Kier alpha value is -1.92. The summed E-state index contributed by atoms with van der Waals surface area (Å²) < 4.78 is 1.92. The molecule has 7 nitrogen and oxygen atoms in total. The summed E-state index contributed by atoms with van der Waals surface area (Å²) in [5.41, 5.74) is 0. The van der Waals surface area contributed by atoms with Gasteiger partial charge in [-0.2, -0.15) is 5.10 Å². The predicted octanol–water partition coefficient (Wildman–Crippen LogP) is 2.39. The van der Waals surface area contributed by atoms with Crippen molar-refractivity contribution in [2.24, 2.45) is 0 Å². The molecular formula is C18H31N5O2. The summed E-state index contributed by atoms with van der Waals surface area (Å²) in [6.07, 6.45) is 3.25. The van der Waals surface area contributed by atoms with E-state index in [2.05, 4.69) is 29.2 Å². The van der Waals surface area contributed by atoms with E-state index in [-0.39, 0.29) is 23.8 Å². The van der Waals surface area contributed by atoms with E-state index in [1.165, 1.54) is 0 Å². The van der Waals surface area contributed by atoms with Crippen LogP contribution < -0.4 is 5.32 Å². The summed E-state index contributed by atoms with van der Waals surface area (Å²) in [5.74, 6) is 2.08. The molecule has 0 aromatic carbocycles. The number of carbonyl (C=O) groups is 2. The molecule has 1 aliphatic rings. The van der Waals surface area contributed by atoms with Crippen molar-refractivity contribution in [2.75, 3.05) is 13.1 Å². The Balaban J connectivity index is 1.85. The molecule has 1 aliphatic heterocycles. The van der Waals surface area contributed by atoms with Gasteiger partial charge in [0.2, 0.25) is 11.8 Å². The third-order valence-electron chi connectivity index (χ3n) is 4.65. The van der Waals surface area contributed by atoms with Crippen molar-refractivity contribution in [1.29, 1.82) is 0 Å². The van der Waals surface area contributed by atoms with Gasteiger partial charge in [-0.3, -0.25) is 9.59 Å². The zero-order chi connectivity index (χ0) is 18.4. The maximum absolute atomic E-state index is 12.3. The lowest BCUT2D eigenvalue weighted by atomic mass is 10.1. The van der Waals surface area contributed by atoms with Gasteiger partial charge in [0.15, 0.2) is 5.82 Å². The predicted molar refractivity (Wildman–Crippen MR) is 96.0 cm³/mol. The third-order valence-corrected chi connectivity index (χ3v) is 4.65. The highest BCUT2D eigenvalue weighted by molar-refractivity contribution is 5.79. The summed E-state index contributed by atoms with van der Waals surface area (Å²) in [4.78, 5) is 30.7. The second-order valence-electron chi connectivity index (χ2n) is 6.89. The molecule has 1 aromatic heterocycles. The fourth-order valence-corrected chi connectivity index (χ4v) is 3.15. The number of carbonyl (C=O) groups excluding carboxylic acids is 2. The van der Waals surface area contributed by atoms with Gasteiger partial charge in [-0.1, -0.05) is 13.8 Å². The average molecular weight is 349 g/mol. The van der Waals surface area contributed by atoms with Crippen LogP contribution in [0.15, 0.2) is 0 Å². The fraction of sp³-hybridized carbons (Fsp3) is 0.778. The van der Waals surface area contributed by atoms with Gasteiger partial charge in [-0.15, -0.1) is 0 Å². The second kappa shape index (κ2) is 8.97. The number of fused-ring (bicyclic) bond motifs is 1. The molecule has 2 heterocycles. The molecule has 2 amide bonds. The van der Waals surface area contributed by atoms with Crippen LogP contribution in [0.25, 0.3) is 0 Å². The molecule has 0 saturated heterocycles. The van der Waals surface area contributed by atoms with Gasteiger partial charge in [-0.25, -0.2) is 9.67 Å². The monoisotopic (exact) mass is 349 g/mol. The highest BCUT2D eigenvalue weighted by atomic mass is 16.2. The van der Waals surface area contributed by atoms with Gasteiger partial charge in [-0.05, 0) is 33.1 Å². The van der Waals surface area contributed by atoms with Crippen molar-refractivity contribution in [3.8, 4) is 0 Å². The standard InChI is InChI=1S/C18H31N5O2/c1-5-22(6-2)16(25)11-7-10-15(24)19-14-9-8-12-23-18(14)20-17(21-23)13(3)4/h13-14H,5-12H2,1-4H3,(H,19,24)/t14-/m1/s1. The lowest BCUT2D eigenvalue weighted by molar-refractivity contribution is -0.131. The van der Waals surface area contributed by atoms with Crippen molar-refractivity contribution in [3.63, 3.8) is 0 Å². The second-order valence-corrected chi connectivity index (χ2v) is 6.89. The largest absolute Gasteiger partial charge is 0.346 e. The van der Waals surface area contributed by atoms with Crippen LogP contribution in [-0.4, -0.2) is 44.6 Å². The van der Waals surface area contributed by atoms with Crippen LogP contribution in [0.2, 0.25) is 0 Å². The molecule has 140 valence electrons. The van der Waals surface area contributed by atoms with E-state index < -0.39 is 0 Å². The van der Waals surface area contributed by atoms with E-state index in [1.807, 2.05) is 18.5 Å². The SMILES string of the molecule is CCN(CC)C(=O)CCCC(=O)N[C@@H]1CCCn2nc(C(C)C)nc21. The molecule has 7 heteroatoms. The number of amides is 2. The van der Waals surface area contributed by atoms with Crippen molar-refractivity contribution in [3.05, 3.63) is 11.6 Å². The Morgan fingerprint density at radius 1 is 1.28 bits per heavy atom. The van der Waals surface area contributed by atoms with E-state index in [0.717, 1.165) is 44.1 Å². The molecule has 0 radical (unpaired) electrons. The first kappa shape index (κ1) is 19.4. The van der Waals surface area contributed by atoms with Crippen LogP contribution in [0.5, 0.6) is 0 Å². The van der Waals surface area contributed by atoms with Gasteiger partial charge >= 0.3 is 0 Å².